The number of amidine groups is 1. The van der Waals surface area contributed by atoms with Crippen LogP contribution in [0.4, 0.5) is 19.0 Å². The molecule has 2 aromatic carbocycles. The monoisotopic (exact) mass is 1240 g/mol. The Bertz CT molecular complexity index is 2460. The molecule has 83 heavy (non-hydrogen) atoms. The number of carbonyl (C=O) groups excluding carboxylic acids is 1. The number of nitrogens with zero attached hydrogens (tertiary/aromatic N) is 7. The van der Waals surface area contributed by atoms with E-state index in [1.807, 2.05) is 30.3 Å². The maximum absolute atomic E-state index is 13.6. The fourth-order valence-corrected chi connectivity index (χ4v) is 9.45. The minimum absolute atomic E-state index is 0.0362. The van der Waals surface area contributed by atoms with Gasteiger partial charge in [0.05, 0.1) is 168 Å². The molecule has 4 unspecified atom stereocenters. The van der Waals surface area contributed by atoms with Crippen molar-refractivity contribution in [3.8, 4) is 5.75 Å². The fraction of sp³-hybridized carbons (Fsp3) is 0.623. The number of halogens is 4. The topological polar surface area (TPSA) is 282 Å². The summed E-state index contributed by atoms with van der Waals surface area (Å²) in [6.45, 7) is 13.9. The van der Waals surface area contributed by atoms with E-state index in [2.05, 4.69) is 49.1 Å². The van der Waals surface area contributed by atoms with Gasteiger partial charge in [-0.15, -0.1) is 16.7 Å². The zero-order chi connectivity index (χ0) is 59.9. The molecular formula is C53H80ClF3N8O16P2. The van der Waals surface area contributed by atoms with Crippen LogP contribution in [0.2, 0.25) is 0 Å². The molecule has 1 aliphatic carbocycles. The molecule has 30 heteroatoms. The average Bonchev–Trinajstić information content (AvgIpc) is 4.11. The van der Waals surface area contributed by atoms with Crippen LogP contribution >= 0.6 is 27.3 Å². The number of nitrogens with one attached hydrogen (secondary N) is 1. The molecule has 2 aromatic heterocycles. The Kier molecular flexibility index (Phi) is 36.4. The third-order valence-corrected chi connectivity index (χ3v) is 14.5. The second-order valence-electron chi connectivity index (χ2n) is 18.3. The van der Waals surface area contributed by atoms with Crippen LogP contribution in [0.5, 0.6) is 5.75 Å². The summed E-state index contributed by atoms with van der Waals surface area (Å²) in [6, 6.07) is 10.6. The number of alkyl halides is 1. The normalized spacial score (nSPS) is 15.7. The summed E-state index contributed by atoms with van der Waals surface area (Å²) in [5.41, 5.74) is 2.38. The number of aliphatic imine (C=N–C) groups is 2. The van der Waals surface area contributed by atoms with E-state index in [0.29, 0.717) is 141 Å². The quantitative estimate of drug-likeness (QED) is 0.00498. The van der Waals surface area contributed by atoms with E-state index in [0.717, 1.165) is 24.8 Å². The van der Waals surface area contributed by atoms with Crippen molar-refractivity contribution in [1.82, 2.24) is 30.1 Å². The molecule has 466 valence electrons. The Morgan fingerprint density at radius 2 is 1.40 bits per heavy atom. The van der Waals surface area contributed by atoms with Gasteiger partial charge in [-0.1, -0.05) is 61.7 Å². The van der Waals surface area contributed by atoms with Gasteiger partial charge in [-0.05, 0) is 38.2 Å². The number of ether oxygens (including phenoxy) is 11. The van der Waals surface area contributed by atoms with Crippen LogP contribution in [-0.4, -0.2) is 195 Å². The molecule has 24 nitrogen and oxygen atoms in total. The molecule has 0 spiro atoms. The number of rotatable bonds is 41. The van der Waals surface area contributed by atoms with Gasteiger partial charge in [0.2, 0.25) is 5.75 Å². The summed E-state index contributed by atoms with van der Waals surface area (Å²) in [7, 11) is -5.39. The van der Waals surface area contributed by atoms with Crippen molar-refractivity contribution in [2.24, 2.45) is 9.98 Å². The van der Waals surface area contributed by atoms with Gasteiger partial charge in [-0.3, -0.25) is 14.4 Å². The predicted molar refractivity (Wildman–Crippen MR) is 303 cm³/mol. The van der Waals surface area contributed by atoms with E-state index in [1.165, 1.54) is 25.9 Å². The standard InChI is InChI=1S/C48H66ClF3N8O12.C3H6.C2H8O4P2/c1-3-39-9-10-44(71-39)60-48(53-2)40(31-55-60)47(54-35-49)56-43(36-7-5-4-6-8-36)34-70-28-26-68-24-22-66-21-23-67-25-27-69-33-38-32-59(58-57-38)12-14-63-16-18-65-20-19-64-17-15-62-13-11-45(61)72-46-41(51)29-37(50)30-42(46)52;1-2-3-1;1-7(3)2-8(4,5)6/h4-8,29-32,39,43-44H,2-3,9-28,33-35H2,1H3,(H,54,56);1-3H2;3H,2H2,1H3,(H2,4,5,6). The van der Waals surface area contributed by atoms with Crippen LogP contribution < -0.4 is 10.1 Å². The molecule has 0 radical (unpaired) electrons. The first-order valence-electron chi connectivity index (χ1n) is 27.2. The van der Waals surface area contributed by atoms with Crippen molar-refractivity contribution >= 4 is 51.7 Å². The van der Waals surface area contributed by atoms with Gasteiger partial charge in [0.1, 0.15) is 23.4 Å². The zero-order valence-corrected chi connectivity index (χ0v) is 49.7. The number of hydrogen-bond donors (Lipinski definition) is 4. The van der Waals surface area contributed by atoms with E-state index >= 15 is 0 Å². The summed E-state index contributed by atoms with van der Waals surface area (Å²) in [4.78, 5) is 45.4. The second kappa shape index (κ2) is 42.4. The molecule has 1 aliphatic heterocycles. The van der Waals surface area contributed by atoms with Crippen molar-refractivity contribution in [1.29, 1.82) is 0 Å². The lowest BCUT2D eigenvalue weighted by atomic mass is 10.1. The average molecular weight is 1240 g/mol. The third-order valence-electron chi connectivity index (χ3n) is 11.3. The van der Waals surface area contributed by atoms with Crippen LogP contribution in [0.15, 0.2) is 64.8 Å². The molecule has 2 aliphatic rings. The molecule has 4 aromatic rings. The molecular weight excluding hydrogens is 1160 g/mol. The summed E-state index contributed by atoms with van der Waals surface area (Å²) >= 11 is 6.13. The van der Waals surface area contributed by atoms with Crippen LogP contribution in [0.1, 0.15) is 81.0 Å². The van der Waals surface area contributed by atoms with Crippen molar-refractivity contribution in [3.05, 3.63) is 89.1 Å². The second-order valence-corrected chi connectivity index (χ2v) is 22.3. The van der Waals surface area contributed by atoms with E-state index in [4.69, 9.17) is 73.6 Å². The largest absolute Gasteiger partial charge is 0.420 e. The molecule has 0 bridgehead atoms. The van der Waals surface area contributed by atoms with E-state index in [9.17, 15) is 22.5 Å². The SMILES string of the molecule is C1CC1.C=Nc1c(/C(=N\CCl)NC(COCCOCCOCCOCCOCc2cn(CCOCCOCCOCCOCCC(=O)Oc3c(F)cc(F)cc3F)nn2)c2ccccc2)cnn1C1CCC(CC)O1.CP(O)CP(=O)(O)O. The smallest absolute Gasteiger partial charge is 0.332 e. The van der Waals surface area contributed by atoms with Crippen molar-refractivity contribution in [3.63, 3.8) is 0 Å². The maximum atomic E-state index is 13.6. The van der Waals surface area contributed by atoms with E-state index in [-0.39, 0.29) is 56.5 Å². The van der Waals surface area contributed by atoms with E-state index in [1.54, 1.807) is 21.8 Å². The molecule has 4 atom stereocenters. The number of hydrogen-bond acceptors (Lipinski definition) is 19. The Balaban J connectivity index is 0.00000121. The number of esters is 1. The lowest BCUT2D eigenvalue weighted by Crippen LogP contribution is -2.33. The molecule has 1 saturated carbocycles. The molecule has 3 heterocycles. The van der Waals surface area contributed by atoms with Gasteiger partial charge < -0.3 is 72.1 Å². The number of aromatic nitrogens is 5. The summed E-state index contributed by atoms with van der Waals surface area (Å²) in [5.74, 6) is -4.89. The van der Waals surface area contributed by atoms with Crippen molar-refractivity contribution in [2.45, 2.75) is 83.4 Å². The van der Waals surface area contributed by atoms with Gasteiger partial charge in [0, 0.05) is 20.3 Å². The van der Waals surface area contributed by atoms with Gasteiger partial charge in [-0.2, -0.15) is 5.10 Å². The minimum atomic E-state index is -3.94. The van der Waals surface area contributed by atoms with Crippen LogP contribution in [0.3, 0.4) is 0 Å². The van der Waals surface area contributed by atoms with Gasteiger partial charge >= 0.3 is 13.6 Å². The predicted octanol–water partition coefficient (Wildman–Crippen LogP) is 7.24. The highest BCUT2D eigenvalue weighted by Gasteiger charge is 2.30. The van der Waals surface area contributed by atoms with Crippen LogP contribution in [-0.2, 0) is 69.9 Å². The van der Waals surface area contributed by atoms with E-state index < -0.39 is 44.9 Å². The summed E-state index contributed by atoms with van der Waals surface area (Å²) in [6.07, 6.45) is 10.5. The Labute approximate surface area is 488 Å². The van der Waals surface area contributed by atoms with Crippen molar-refractivity contribution < 1.29 is 89.3 Å². The number of benzene rings is 2. The lowest BCUT2D eigenvalue weighted by molar-refractivity contribution is -0.136. The highest BCUT2D eigenvalue weighted by atomic mass is 35.5. The van der Waals surface area contributed by atoms with Crippen molar-refractivity contribution in [2.75, 3.05) is 131 Å². The summed E-state index contributed by atoms with van der Waals surface area (Å²) < 4.78 is 115. The van der Waals surface area contributed by atoms with Gasteiger partial charge in [0.25, 0.3) is 0 Å². The fourth-order valence-electron chi connectivity index (χ4n) is 7.20. The Morgan fingerprint density at radius 1 is 0.843 bits per heavy atom. The van der Waals surface area contributed by atoms with Gasteiger partial charge in [0.15, 0.2) is 23.7 Å². The third kappa shape index (κ3) is 31.5. The van der Waals surface area contributed by atoms with Crippen LogP contribution in [0.25, 0.3) is 0 Å². The summed E-state index contributed by atoms with van der Waals surface area (Å²) in [5, 5.41) is 16.3. The molecule has 4 N–H and O–H groups in total. The zero-order valence-electron chi connectivity index (χ0n) is 47.1. The maximum Gasteiger partial charge on any atom is 0.332 e. The van der Waals surface area contributed by atoms with Crippen LogP contribution in [0, 0.1) is 17.5 Å². The molecule has 2 fully saturated rings. The highest BCUT2D eigenvalue weighted by Crippen LogP contribution is 2.46. The molecule has 1 saturated heterocycles. The minimum Gasteiger partial charge on any atom is -0.420 e. The molecule has 6 rings (SSSR count). The molecule has 0 amide bonds. The van der Waals surface area contributed by atoms with Gasteiger partial charge in [-0.25, -0.2) is 27.5 Å². The highest BCUT2D eigenvalue weighted by molar-refractivity contribution is 7.68. The first-order valence-corrected chi connectivity index (χ1v) is 31.5. The first kappa shape index (κ1) is 71.1. The Hall–Kier alpha value is -4.38. The first-order chi connectivity index (χ1) is 40.2. The number of carbonyl (C=O) groups is 1. The lowest BCUT2D eigenvalue weighted by Gasteiger charge is -2.22. The Morgan fingerprint density at radius 3 is 1.90 bits per heavy atom.